The third-order valence-corrected chi connectivity index (χ3v) is 3.48. The highest BCUT2D eigenvalue weighted by Crippen LogP contribution is 2.16. The molecule has 0 aliphatic heterocycles. The zero-order chi connectivity index (χ0) is 14.0. The van der Waals surface area contributed by atoms with Gasteiger partial charge in [-0.2, -0.15) is 5.10 Å². The number of aryl methyl sites for hydroxylation is 2. The predicted octanol–water partition coefficient (Wildman–Crippen LogP) is 2.32. The molecule has 102 valence electrons. The van der Waals surface area contributed by atoms with E-state index in [0.717, 1.165) is 22.5 Å². The molecule has 0 radical (unpaired) electrons. The molecule has 1 N–H and O–H groups in total. The minimum Gasteiger partial charge on any atom is -0.392 e. The first kappa shape index (κ1) is 13.7. The van der Waals surface area contributed by atoms with Crippen LogP contribution in [-0.2, 0) is 19.9 Å². The van der Waals surface area contributed by atoms with Gasteiger partial charge in [0.15, 0.2) is 0 Å². The van der Waals surface area contributed by atoms with E-state index in [1.165, 1.54) is 12.1 Å². The molecular formula is C15H19FN2O. The molecule has 0 aliphatic carbocycles. The second-order valence-corrected chi connectivity index (χ2v) is 4.96. The molecular weight excluding hydrogens is 243 g/mol. The van der Waals surface area contributed by atoms with Gasteiger partial charge in [0.1, 0.15) is 5.82 Å². The van der Waals surface area contributed by atoms with Crippen LogP contribution in [0.1, 0.15) is 22.5 Å². The number of hydrogen-bond acceptors (Lipinski definition) is 2. The van der Waals surface area contributed by atoms with Crippen LogP contribution >= 0.6 is 0 Å². The Morgan fingerprint density at radius 1 is 1.21 bits per heavy atom. The van der Waals surface area contributed by atoms with Gasteiger partial charge in [0.2, 0.25) is 0 Å². The summed E-state index contributed by atoms with van der Waals surface area (Å²) in [4.78, 5) is 0. The van der Waals surface area contributed by atoms with Crippen molar-refractivity contribution in [3.05, 3.63) is 52.6 Å². The topological polar surface area (TPSA) is 38.0 Å². The maximum atomic E-state index is 12.8. The van der Waals surface area contributed by atoms with E-state index in [2.05, 4.69) is 5.10 Å². The molecule has 3 nitrogen and oxygen atoms in total. The van der Waals surface area contributed by atoms with E-state index in [1.54, 1.807) is 12.1 Å². The Balaban J connectivity index is 2.05. The van der Waals surface area contributed by atoms with Crippen molar-refractivity contribution in [2.24, 2.45) is 7.05 Å². The van der Waals surface area contributed by atoms with Gasteiger partial charge in [-0.25, -0.2) is 4.39 Å². The summed E-state index contributed by atoms with van der Waals surface area (Å²) < 4.78 is 14.6. The lowest BCUT2D eigenvalue weighted by atomic mass is 10.0. The highest BCUT2D eigenvalue weighted by molar-refractivity contribution is 5.26. The van der Waals surface area contributed by atoms with Gasteiger partial charge in [-0.3, -0.25) is 4.68 Å². The average Bonchev–Trinajstić information content (AvgIpc) is 2.59. The zero-order valence-corrected chi connectivity index (χ0v) is 11.5. The molecule has 0 fully saturated rings. The monoisotopic (exact) mass is 262 g/mol. The summed E-state index contributed by atoms with van der Waals surface area (Å²) in [6, 6.07) is 6.26. The number of rotatable bonds is 4. The van der Waals surface area contributed by atoms with Gasteiger partial charge in [0.25, 0.3) is 0 Å². The van der Waals surface area contributed by atoms with Gasteiger partial charge >= 0.3 is 0 Å². The van der Waals surface area contributed by atoms with Crippen molar-refractivity contribution in [2.45, 2.75) is 32.8 Å². The molecule has 0 saturated carbocycles. The summed E-state index contributed by atoms with van der Waals surface area (Å²) in [5.74, 6) is -0.253. The van der Waals surface area contributed by atoms with Gasteiger partial charge in [-0.15, -0.1) is 0 Å². The smallest absolute Gasteiger partial charge is 0.123 e. The Hall–Kier alpha value is -1.68. The van der Waals surface area contributed by atoms with Crippen LogP contribution in [0.3, 0.4) is 0 Å². The lowest BCUT2D eigenvalue weighted by Crippen LogP contribution is -2.15. The molecule has 1 aromatic heterocycles. The summed E-state index contributed by atoms with van der Waals surface area (Å²) in [5.41, 5.74) is 4.07. The van der Waals surface area contributed by atoms with Gasteiger partial charge in [0.05, 0.1) is 11.8 Å². The Bertz CT molecular complexity index is 560. The van der Waals surface area contributed by atoms with Crippen LogP contribution in [0.25, 0.3) is 0 Å². The lowest BCUT2D eigenvalue weighted by Gasteiger charge is -2.11. The van der Waals surface area contributed by atoms with E-state index in [9.17, 15) is 9.50 Å². The minimum absolute atomic E-state index is 0.253. The number of halogens is 1. The fourth-order valence-electron chi connectivity index (χ4n) is 2.31. The second kappa shape index (κ2) is 5.53. The van der Waals surface area contributed by atoms with Gasteiger partial charge in [-0.1, -0.05) is 12.1 Å². The Morgan fingerprint density at radius 2 is 1.84 bits per heavy atom. The molecule has 0 spiro atoms. The molecule has 0 aliphatic rings. The number of nitrogens with zero attached hydrogens (tertiary/aromatic N) is 2. The summed E-state index contributed by atoms with van der Waals surface area (Å²) in [7, 11) is 1.90. The van der Waals surface area contributed by atoms with Crippen LogP contribution in [0.15, 0.2) is 24.3 Å². The molecule has 4 heteroatoms. The van der Waals surface area contributed by atoms with E-state index in [0.29, 0.717) is 12.8 Å². The number of hydrogen-bond donors (Lipinski definition) is 1. The van der Waals surface area contributed by atoms with Gasteiger partial charge < -0.3 is 5.11 Å². The fourth-order valence-corrected chi connectivity index (χ4v) is 2.31. The normalized spacial score (nSPS) is 12.7. The summed E-state index contributed by atoms with van der Waals surface area (Å²) in [5, 5.41) is 14.5. The van der Waals surface area contributed by atoms with Crippen LogP contribution in [0.2, 0.25) is 0 Å². The molecule has 1 atom stereocenters. The number of aromatic nitrogens is 2. The molecule has 0 bridgehead atoms. The SMILES string of the molecule is Cc1nn(C)c(C)c1CC(O)Cc1ccc(F)cc1. The molecule has 1 aromatic carbocycles. The first-order valence-corrected chi connectivity index (χ1v) is 6.39. The van der Waals surface area contributed by atoms with Gasteiger partial charge in [0, 0.05) is 19.2 Å². The van der Waals surface area contributed by atoms with E-state index in [-0.39, 0.29) is 5.82 Å². The predicted molar refractivity (Wildman–Crippen MR) is 72.5 cm³/mol. The van der Waals surface area contributed by atoms with Crippen molar-refractivity contribution >= 4 is 0 Å². The van der Waals surface area contributed by atoms with E-state index in [4.69, 9.17) is 0 Å². The maximum absolute atomic E-state index is 12.8. The Labute approximate surface area is 112 Å². The highest BCUT2D eigenvalue weighted by Gasteiger charge is 2.14. The summed E-state index contributed by atoms with van der Waals surface area (Å²) in [6.45, 7) is 3.95. The lowest BCUT2D eigenvalue weighted by molar-refractivity contribution is 0.175. The van der Waals surface area contributed by atoms with Crippen LogP contribution < -0.4 is 0 Å². The van der Waals surface area contributed by atoms with E-state index >= 15 is 0 Å². The molecule has 2 rings (SSSR count). The largest absolute Gasteiger partial charge is 0.392 e. The average molecular weight is 262 g/mol. The van der Waals surface area contributed by atoms with Crippen LogP contribution in [0.4, 0.5) is 4.39 Å². The molecule has 1 heterocycles. The van der Waals surface area contributed by atoms with Crippen molar-refractivity contribution in [3.63, 3.8) is 0 Å². The van der Waals surface area contributed by atoms with Crippen molar-refractivity contribution < 1.29 is 9.50 Å². The second-order valence-electron chi connectivity index (χ2n) is 4.96. The fraction of sp³-hybridized carbons (Fsp3) is 0.400. The third-order valence-electron chi connectivity index (χ3n) is 3.48. The molecule has 1 unspecified atom stereocenters. The maximum Gasteiger partial charge on any atom is 0.123 e. The van der Waals surface area contributed by atoms with Crippen molar-refractivity contribution in [1.82, 2.24) is 9.78 Å². The highest BCUT2D eigenvalue weighted by atomic mass is 19.1. The standard InChI is InChI=1S/C15H19FN2O/c1-10-15(11(2)18(3)17-10)9-14(19)8-12-4-6-13(16)7-5-12/h4-7,14,19H,8-9H2,1-3H3. The van der Waals surface area contributed by atoms with Crippen molar-refractivity contribution in [2.75, 3.05) is 0 Å². The Kier molecular flexibility index (Phi) is 4.00. The number of aliphatic hydroxyl groups is 1. The minimum atomic E-state index is -0.480. The molecule has 0 amide bonds. The first-order valence-electron chi connectivity index (χ1n) is 6.39. The van der Waals surface area contributed by atoms with Crippen LogP contribution in [0, 0.1) is 19.7 Å². The first-order chi connectivity index (χ1) is 8.97. The van der Waals surface area contributed by atoms with Crippen molar-refractivity contribution in [3.8, 4) is 0 Å². The summed E-state index contributed by atoms with van der Waals surface area (Å²) in [6.07, 6.45) is 0.615. The van der Waals surface area contributed by atoms with Gasteiger partial charge in [-0.05, 0) is 43.5 Å². The number of aliphatic hydroxyl groups excluding tert-OH is 1. The summed E-state index contributed by atoms with van der Waals surface area (Å²) >= 11 is 0. The van der Waals surface area contributed by atoms with Crippen LogP contribution in [-0.4, -0.2) is 21.0 Å². The van der Waals surface area contributed by atoms with Crippen molar-refractivity contribution in [1.29, 1.82) is 0 Å². The van der Waals surface area contributed by atoms with Crippen LogP contribution in [0.5, 0.6) is 0 Å². The Morgan fingerprint density at radius 3 is 2.37 bits per heavy atom. The van der Waals surface area contributed by atoms with E-state index in [1.807, 2.05) is 25.6 Å². The molecule has 0 saturated heterocycles. The molecule has 19 heavy (non-hydrogen) atoms. The molecule has 2 aromatic rings. The third kappa shape index (κ3) is 3.20. The quantitative estimate of drug-likeness (QED) is 0.918. The number of benzene rings is 1. The van der Waals surface area contributed by atoms with E-state index < -0.39 is 6.10 Å². The zero-order valence-electron chi connectivity index (χ0n) is 11.5.